The lowest BCUT2D eigenvalue weighted by Gasteiger charge is -2.40. The molecule has 2 rings (SSSR count). The summed E-state index contributed by atoms with van der Waals surface area (Å²) < 4.78 is 0. The highest BCUT2D eigenvalue weighted by Crippen LogP contribution is 2.20. The van der Waals surface area contributed by atoms with Crippen LogP contribution in [-0.2, 0) is 16.1 Å². The molecule has 2 amide bonds. The van der Waals surface area contributed by atoms with E-state index in [1.807, 2.05) is 39.0 Å². The maximum atomic E-state index is 12.4. The zero-order chi connectivity index (χ0) is 14.9. The fourth-order valence-electron chi connectivity index (χ4n) is 2.73. The van der Waals surface area contributed by atoms with Crippen molar-refractivity contribution in [1.29, 1.82) is 0 Å². The van der Waals surface area contributed by atoms with Crippen LogP contribution in [0.2, 0.25) is 0 Å². The van der Waals surface area contributed by atoms with Gasteiger partial charge in [0.1, 0.15) is 12.1 Å². The molecule has 1 aliphatic heterocycles. The van der Waals surface area contributed by atoms with Crippen molar-refractivity contribution in [2.24, 2.45) is 5.92 Å². The highest BCUT2D eigenvalue weighted by atomic mass is 16.2. The topological polar surface area (TPSA) is 49.4 Å². The molecule has 4 heteroatoms. The standard InChI is InChI=1S/C16H22N2O2/c1-10(2)14-15(19)17-12(4)16(20)18(14)9-13-7-5-6-11(3)8-13/h5-8,10,12,14H,9H2,1-4H3,(H,17,19). The summed E-state index contributed by atoms with van der Waals surface area (Å²) in [5.41, 5.74) is 2.22. The Morgan fingerprint density at radius 2 is 2.00 bits per heavy atom. The summed E-state index contributed by atoms with van der Waals surface area (Å²) in [5.74, 6) is 0.0285. The Labute approximate surface area is 120 Å². The van der Waals surface area contributed by atoms with Gasteiger partial charge in [0.15, 0.2) is 0 Å². The third-order valence-electron chi connectivity index (χ3n) is 3.68. The number of nitrogens with zero attached hydrogens (tertiary/aromatic N) is 1. The zero-order valence-electron chi connectivity index (χ0n) is 12.5. The van der Waals surface area contributed by atoms with Crippen LogP contribution in [0.15, 0.2) is 24.3 Å². The molecular formula is C16H22N2O2. The van der Waals surface area contributed by atoms with Crippen molar-refractivity contribution in [3.05, 3.63) is 35.4 Å². The second-order valence-electron chi connectivity index (χ2n) is 5.87. The highest BCUT2D eigenvalue weighted by Gasteiger charge is 2.39. The fraction of sp³-hybridized carbons (Fsp3) is 0.500. The number of amides is 2. The number of hydrogen-bond donors (Lipinski definition) is 1. The lowest BCUT2D eigenvalue weighted by Crippen LogP contribution is -2.63. The Bertz CT molecular complexity index is 525. The average Bonchev–Trinajstić information content (AvgIpc) is 2.35. The van der Waals surface area contributed by atoms with E-state index >= 15 is 0 Å². The van der Waals surface area contributed by atoms with E-state index in [0.29, 0.717) is 6.54 Å². The van der Waals surface area contributed by atoms with Crippen LogP contribution in [-0.4, -0.2) is 28.8 Å². The first-order chi connectivity index (χ1) is 9.40. The number of piperazine rings is 1. The highest BCUT2D eigenvalue weighted by molar-refractivity contribution is 5.96. The Balaban J connectivity index is 2.28. The molecule has 0 bridgehead atoms. The van der Waals surface area contributed by atoms with Crippen LogP contribution in [0, 0.1) is 12.8 Å². The number of aryl methyl sites for hydroxylation is 1. The SMILES string of the molecule is Cc1cccc(CN2C(=O)C(C)NC(=O)C2C(C)C)c1. The molecule has 1 aromatic rings. The summed E-state index contributed by atoms with van der Waals surface area (Å²) >= 11 is 0. The smallest absolute Gasteiger partial charge is 0.245 e. The van der Waals surface area contributed by atoms with E-state index in [1.54, 1.807) is 11.8 Å². The molecule has 0 radical (unpaired) electrons. The van der Waals surface area contributed by atoms with Crippen molar-refractivity contribution in [3.8, 4) is 0 Å². The molecule has 1 fully saturated rings. The number of carbonyl (C=O) groups is 2. The average molecular weight is 274 g/mol. The van der Waals surface area contributed by atoms with Gasteiger partial charge in [0.25, 0.3) is 0 Å². The second kappa shape index (κ2) is 5.65. The van der Waals surface area contributed by atoms with Gasteiger partial charge in [-0.25, -0.2) is 0 Å². The summed E-state index contributed by atoms with van der Waals surface area (Å²) in [7, 11) is 0. The van der Waals surface area contributed by atoms with Crippen LogP contribution in [0.4, 0.5) is 0 Å². The molecule has 1 saturated heterocycles. The molecule has 1 aromatic carbocycles. The van der Waals surface area contributed by atoms with Crippen LogP contribution >= 0.6 is 0 Å². The molecule has 4 nitrogen and oxygen atoms in total. The number of rotatable bonds is 3. The van der Waals surface area contributed by atoms with E-state index in [1.165, 1.54) is 0 Å². The van der Waals surface area contributed by atoms with Crippen molar-refractivity contribution in [3.63, 3.8) is 0 Å². The first-order valence-electron chi connectivity index (χ1n) is 7.06. The van der Waals surface area contributed by atoms with Crippen LogP contribution in [0.3, 0.4) is 0 Å². The molecule has 20 heavy (non-hydrogen) atoms. The minimum Gasteiger partial charge on any atom is -0.343 e. The van der Waals surface area contributed by atoms with Gasteiger partial charge >= 0.3 is 0 Å². The molecule has 0 aliphatic carbocycles. The quantitative estimate of drug-likeness (QED) is 0.914. The molecule has 0 aromatic heterocycles. The predicted octanol–water partition coefficient (Wildman–Crippen LogP) is 1.87. The van der Waals surface area contributed by atoms with Crippen molar-refractivity contribution >= 4 is 11.8 Å². The third-order valence-corrected chi connectivity index (χ3v) is 3.68. The minimum atomic E-state index is -0.442. The zero-order valence-corrected chi connectivity index (χ0v) is 12.5. The first kappa shape index (κ1) is 14.6. The summed E-state index contributed by atoms with van der Waals surface area (Å²) in [6.45, 7) is 8.19. The monoisotopic (exact) mass is 274 g/mol. The summed E-state index contributed by atoms with van der Waals surface area (Å²) in [4.78, 5) is 26.3. The lowest BCUT2D eigenvalue weighted by atomic mass is 9.96. The van der Waals surface area contributed by atoms with Gasteiger partial charge in [-0.2, -0.15) is 0 Å². The van der Waals surface area contributed by atoms with Crippen molar-refractivity contribution < 1.29 is 9.59 Å². The first-order valence-corrected chi connectivity index (χ1v) is 7.06. The number of nitrogens with one attached hydrogen (secondary N) is 1. The van der Waals surface area contributed by atoms with E-state index in [0.717, 1.165) is 11.1 Å². The number of carbonyl (C=O) groups excluding carboxylic acids is 2. The Hall–Kier alpha value is -1.84. The summed E-state index contributed by atoms with van der Waals surface area (Å²) in [5, 5.41) is 2.76. The molecule has 1 aliphatic rings. The van der Waals surface area contributed by atoms with Crippen LogP contribution < -0.4 is 5.32 Å². The molecule has 0 saturated carbocycles. The van der Waals surface area contributed by atoms with E-state index in [9.17, 15) is 9.59 Å². The van der Waals surface area contributed by atoms with Crippen LogP contribution in [0.25, 0.3) is 0 Å². The minimum absolute atomic E-state index is 0.00944. The fourth-order valence-corrected chi connectivity index (χ4v) is 2.73. The third kappa shape index (κ3) is 2.84. The maximum Gasteiger partial charge on any atom is 0.245 e. The molecule has 108 valence electrons. The van der Waals surface area contributed by atoms with E-state index in [-0.39, 0.29) is 23.8 Å². The molecule has 1 heterocycles. The molecule has 2 unspecified atom stereocenters. The molecular weight excluding hydrogens is 252 g/mol. The lowest BCUT2D eigenvalue weighted by molar-refractivity contribution is -0.151. The Morgan fingerprint density at radius 1 is 1.30 bits per heavy atom. The van der Waals surface area contributed by atoms with Gasteiger partial charge in [0.2, 0.25) is 11.8 Å². The van der Waals surface area contributed by atoms with Gasteiger partial charge < -0.3 is 10.2 Å². The van der Waals surface area contributed by atoms with E-state index in [2.05, 4.69) is 11.4 Å². The van der Waals surface area contributed by atoms with Crippen molar-refractivity contribution in [2.45, 2.75) is 46.3 Å². The number of hydrogen-bond acceptors (Lipinski definition) is 2. The molecule has 0 spiro atoms. The van der Waals surface area contributed by atoms with Gasteiger partial charge in [-0.3, -0.25) is 9.59 Å². The van der Waals surface area contributed by atoms with Crippen LogP contribution in [0.5, 0.6) is 0 Å². The van der Waals surface area contributed by atoms with E-state index < -0.39 is 6.04 Å². The van der Waals surface area contributed by atoms with Gasteiger partial charge in [0, 0.05) is 6.54 Å². The Morgan fingerprint density at radius 3 is 2.60 bits per heavy atom. The van der Waals surface area contributed by atoms with Gasteiger partial charge in [-0.15, -0.1) is 0 Å². The normalized spacial score (nSPS) is 23.1. The largest absolute Gasteiger partial charge is 0.343 e. The van der Waals surface area contributed by atoms with Crippen molar-refractivity contribution in [2.75, 3.05) is 0 Å². The predicted molar refractivity (Wildman–Crippen MR) is 78.0 cm³/mol. The summed E-state index contributed by atoms with van der Waals surface area (Å²) in [6.07, 6.45) is 0. The van der Waals surface area contributed by atoms with Gasteiger partial charge in [0.05, 0.1) is 0 Å². The van der Waals surface area contributed by atoms with Crippen molar-refractivity contribution in [1.82, 2.24) is 10.2 Å². The number of benzene rings is 1. The van der Waals surface area contributed by atoms with Gasteiger partial charge in [-0.1, -0.05) is 43.7 Å². The summed E-state index contributed by atoms with van der Waals surface area (Å²) in [6, 6.07) is 7.22. The maximum absolute atomic E-state index is 12.4. The van der Waals surface area contributed by atoms with E-state index in [4.69, 9.17) is 0 Å². The van der Waals surface area contributed by atoms with Crippen LogP contribution in [0.1, 0.15) is 31.9 Å². The second-order valence-corrected chi connectivity index (χ2v) is 5.87. The Kier molecular flexibility index (Phi) is 4.12. The van der Waals surface area contributed by atoms with Gasteiger partial charge in [-0.05, 0) is 25.3 Å². The molecule has 1 N–H and O–H groups in total. The molecule has 2 atom stereocenters.